The highest BCUT2D eigenvalue weighted by Gasteiger charge is 2.11. The molecule has 0 unspecified atom stereocenters. The van der Waals surface area contributed by atoms with E-state index in [1.807, 2.05) is 61.5 Å². The maximum Gasteiger partial charge on any atom is 0.325 e. The quantitative estimate of drug-likeness (QED) is 0.340. The van der Waals surface area contributed by atoms with Crippen LogP contribution < -0.4 is 10.6 Å². The van der Waals surface area contributed by atoms with Crippen LogP contribution in [-0.4, -0.2) is 28.0 Å². The summed E-state index contributed by atoms with van der Waals surface area (Å²) in [6, 6.07) is 16.5. The second kappa shape index (κ2) is 9.86. The lowest BCUT2D eigenvalue weighted by atomic mass is 10.2. The van der Waals surface area contributed by atoms with Crippen molar-refractivity contribution in [2.75, 3.05) is 16.4 Å². The van der Waals surface area contributed by atoms with E-state index in [0.717, 1.165) is 11.1 Å². The second-order valence-corrected chi connectivity index (χ2v) is 7.95. The van der Waals surface area contributed by atoms with Gasteiger partial charge in [0.1, 0.15) is 6.61 Å². The minimum absolute atomic E-state index is 0.122. The van der Waals surface area contributed by atoms with Gasteiger partial charge in [0.05, 0.1) is 5.75 Å². The SMILES string of the molecule is Cc1ccc(NC(=O)Nc2nnc(SCC(=O)OCc3ccccc3)s2)cc1. The molecule has 28 heavy (non-hydrogen) atoms. The van der Waals surface area contributed by atoms with E-state index in [0.29, 0.717) is 15.2 Å². The number of rotatable bonds is 7. The summed E-state index contributed by atoms with van der Waals surface area (Å²) in [6.07, 6.45) is 0. The molecule has 0 bridgehead atoms. The van der Waals surface area contributed by atoms with Gasteiger partial charge < -0.3 is 10.1 Å². The molecule has 2 amide bonds. The van der Waals surface area contributed by atoms with Gasteiger partial charge >= 0.3 is 12.0 Å². The monoisotopic (exact) mass is 414 g/mol. The Balaban J connectivity index is 1.41. The minimum atomic E-state index is -0.404. The van der Waals surface area contributed by atoms with Gasteiger partial charge in [-0.15, -0.1) is 10.2 Å². The van der Waals surface area contributed by atoms with Crippen molar-refractivity contribution in [3.8, 4) is 0 Å². The van der Waals surface area contributed by atoms with Gasteiger partial charge in [-0.25, -0.2) is 4.79 Å². The van der Waals surface area contributed by atoms with Crippen LogP contribution in [0, 0.1) is 6.92 Å². The lowest BCUT2D eigenvalue weighted by Crippen LogP contribution is -2.19. The van der Waals surface area contributed by atoms with Gasteiger partial charge in [0.25, 0.3) is 0 Å². The van der Waals surface area contributed by atoms with Crippen LogP contribution in [0.2, 0.25) is 0 Å². The van der Waals surface area contributed by atoms with Crippen LogP contribution in [0.15, 0.2) is 58.9 Å². The van der Waals surface area contributed by atoms with Crippen LogP contribution in [0.4, 0.5) is 15.6 Å². The van der Waals surface area contributed by atoms with Gasteiger partial charge in [-0.1, -0.05) is 71.1 Å². The lowest BCUT2D eigenvalue weighted by molar-refractivity contribution is -0.141. The summed E-state index contributed by atoms with van der Waals surface area (Å²) in [5.74, 6) is -0.215. The summed E-state index contributed by atoms with van der Waals surface area (Å²) < 4.78 is 5.78. The topological polar surface area (TPSA) is 93.2 Å². The molecular weight excluding hydrogens is 396 g/mol. The molecule has 9 heteroatoms. The number of ether oxygens (including phenoxy) is 1. The van der Waals surface area contributed by atoms with Crippen LogP contribution in [-0.2, 0) is 16.1 Å². The predicted molar refractivity (Wildman–Crippen MR) is 111 cm³/mol. The predicted octanol–water partition coefficient (Wildman–Crippen LogP) is 4.33. The van der Waals surface area contributed by atoms with Crippen molar-refractivity contribution in [1.82, 2.24) is 10.2 Å². The lowest BCUT2D eigenvalue weighted by Gasteiger charge is -2.05. The van der Waals surface area contributed by atoms with Crippen LogP contribution in [0.5, 0.6) is 0 Å². The molecular formula is C19H18N4O3S2. The molecule has 2 aromatic carbocycles. The normalized spacial score (nSPS) is 10.3. The van der Waals surface area contributed by atoms with Crippen LogP contribution in [0.1, 0.15) is 11.1 Å². The fourth-order valence-corrected chi connectivity index (χ4v) is 3.66. The van der Waals surface area contributed by atoms with E-state index >= 15 is 0 Å². The number of nitrogens with one attached hydrogen (secondary N) is 2. The van der Waals surface area contributed by atoms with E-state index in [4.69, 9.17) is 4.74 Å². The van der Waals surface area contributed by atoms with E-state index in [1.165, 1.54) is 23.1 Å². The Morgan fingerprint density at radius 2 is 1.79 bits per heavy atom. The smallest absolute Gasteiger partial charge is 0.325 e. The third-order valence-corrected chi connectivity index (χ3v) is 5.44. The number of thioether (sulfide) groups is 1. The molecule has 0 fully saturated rings. The molecule has 2 N–H and O–H groups in total. The van der Waals surface area contributed by atoms with Crippen molar-refractivity contribution < 1.29 is 14.3 Å². The highest BCUT2D eigenvalue weighted by molar-refractivity contribution is 8.01. The maximum atomic E-state index is 12.0. The fourth-order valence-electron chi connectivity index (χ4n) is 2.12. The fraction of sp³-hybridized carbons (Fsp3) is 0.158. The van der Waals surface area contributed by atoms with Crippen molar-refractivity contribution in [3.63, 3.8) is 0 Å². The molecule has 0 aliphatic carbocycles. The number of aryl methyl sites for hydroxylation is 1. The van der Waals surface area contributed by atoms with Gasteiger partial charge in [-0.05, 0) is 24.6 Å². The molecule has 7 nitrogen and oxygen atoms in total. The standard InChI is InChI=1S/C19H18N4O3S2/c1-13-7-9-15(10-8-13)20-17(25)21-18-22-23-19(28-18)27-12-16(24)26-11-14-5-3-2-4-6-14/h2-10H,11-12H2,1H3,(H2,20,21,22,25). The van der Waals surface area contributed by atoms with Crippen molar-refractivity contribution in [3.05, 3.63) is 65.7 Å². The Morgan fingerprint density at radius 3 is 2.54 bits per heavy atom. The van der Waals surface area contributed by atoms with Crippen molar-refractivity contribution in [2.45, 2.75) is 17.9 Å². The number of nitrogens with zero attached hydrogens (tertiary/aromatic N) is 2. The van der Waals surface area contributed by atoms with Crippen molar-refractivity contribution >= 4 is 45.9 Å². The molecule has 0 radical (unpaired) electrons. The largest absolute Gasteiger partial charge is 0.460 e. The summed E-state index contributed by atoms with van der Waals surface area (Å²) in [5, 5.41) is 13.6. The van der Waals surface area contributed by atoms with E-state index in [1.54, 1.807) is 0 Å². The molecule has 144 valence electrons. The highest BCUT2D eigenvalue weighted by Crippen LogP contribution is 2.25. The summed E-state index contributed by atoms with van der Waals surface area (Å²) >= 11 is 2.41. The summed E-state index contributed by atoms with van der Waals surface area (Å²) in [6.45, 7) is 2.21. The van der Waals surface area contributed by atoms with E-state index in [2.05, 4.69) is 20.8 Å². The molecule has 0 aliphatic heterocycles. The third kappa shape index (κ3) is 6.36. The number of esters is 1. The number of carbonyl (C=O) groups excluding carboxylic acids is 2. The first-order chi connectivity index (χ1) is 13.6. The Bertz CT molecular complexity index is 930. The number of amides is 2. The number of hydrogen-bond acceptors (Lipinski definition) is 7. The third-order valence-electron chi connectivity index (χ3n) is 3.49. The highest BCUT2D eigenvalue weighted by atomic mass is 32.2. The number of hydrogen-bond donors (Lipinski definition) is 2. The van der Waals surface area contributed by atoms with E-state index in [9.17, 15) is 9.59 Å². The molecule has 0 saturated carbocycles. The summed E-state index contributed by atoms with van der Waals surface area (Å²) in [5.41, 5.74) is 2.73. The molecule has 1 heterocycles. The van der Waals surface area contributed by atoms with Crippen LogP contribution in [0.3, 0.4) is 0 Å². The van der Waals surface area contributed by atoms with Gasteiger partial charge in [-0.3, -0.25) is 10.1 Å². The molecule has 0 aliphatic rings. The minimum Gasteiger partial charge on any atom is -0.460 e. The molecule has 1 aromatic heterocycles. The zero-order valence-electron chi connectivity index (χ0n) is 15.0. The van der Waals surface area contributed by atoms with E-state index in [-0.39, 0.29) is 18.3 Å². The molecule has 0 saturated heterocycles. The Morgan fingerprint density at radius 1 is 1.04 bits per heavy atom. The first-order valence-electron chi connectivity index (χ1n) is 8.39. The van der Waals surface area contributed by atoms with Gasteiger partial charge in [-0.2, -0.15) is 0 Å². The van der Waals surface area contributed by atoms with Crippen molar-refractivity contribution in [1.29, 1.82) is 0 Å². The molecule has 0 spiro atoms. The van der Waals surface area contributed by atoms with Gasteiger partial charge in [0.15, 0.2) is 4.34 Å². The first kappa shape index (κ1) is 19.8. The summed E-state index contributed by atoms with van der Waals surface area (Å²) in [7, 11) is 0. The van der Waals surface area contributed by atoms with E-state index < -0.39 is 6.03 Å². The molecule has 0 atom stereocenters. The zero-order chi connectivity index (χ0) is 19.8. The summed E-state index contributed by atoms with van der Waals surface area (Å²) in [4.78, 5) is 23.8. The average molecular weight is 415 g/mol. The maximum absolute atomic E-state index is 12.0. The molecule has 3 aromatic rings. The van der Waals surface area contributed by atoms with Crippen LogP contribution in [0.25, 0.3) is 0 Å². The average Bonchev–Trinajstić information content (AvgIpc) is 3.14. The number of benzene rings is 2. The number of urea groups is 1. The van der Waals surface area contributed by atoms with Gasteiger partial charge in [0, 0.05) is 5.69 Å². The zero-order valence-corrected chi connectivity index (χ0v) is 16.7. The van der Waals surface area contributed by atoms with Gasteiger partial charge in [0.2, 0.25) is 5.13 Å². The Hall–Kier alpha value is -2.91. The Kier molecular flexibility index (Phi) is 6.99. The molecule has 3 rings (SSSR count). The number of carbonyl (C=O) groups is 2. The van der Waals surface area contributed by atoms with Crippen LogP contribution >= 0.6 is 23.1 Å². The Labute approximate surface area is 170 Å². The number of anilines is 2. The second-order valence-electron chi connectivity index (χ2n) is 5.75. The number of aromatic nitrogens is 2. The van der Waals surface area contributed by atoms with Crippen molar-refractivity contribution in [2.24, 2.45) is 0 Å². The first-order valence-corrected chi connectivity index (χ1v) is 10.2.